The second kappa shape index (κ2) is 5.19. The van der Waals surface area contributed by atoms with Crippen molar-refractivity contribution in [2.45, 2.75) is 31.2 Å². The van der Waals surface area contributed by atoms with E-state index in [9.17, 15) is 12.8 Å². The van der Waals surface area contributed by atoms with Crippen molar-refractivity contribution in [2.24, 2.45) is 5.41 Å². The summed E-state index contributed by atoms with van der Waals surface area (Å²) in [6.45, 7) is 5.48. The Morgan fingerprint density at radius 3 is 2.68 bits per heavy atom. The Bertz CT molecular complexity index is 558. The summed E-state index contributed by atoms with van der Waals surface area (Å²) in [5.41, 5.74) is -0.198. The van der Waals surface area contributed by atoms with Crippen LogP contribution in [0.2, 0.25) is 0 Å². The molecule has 1 aromatic rings. The number of rotatable bonds is 3. The van der Waals surface area contributed by atoms with Crippen LogP contribution in [0.15, 0.2) is 29.2 Å². The zero-order valence-electron chi connectivity index (χ0n) is 11.1. The summed E-state index contributed by atoms with van der Waals surface area (Å²) in [6.07, 6.45) is 0.695. The topological polar surface area (TPSA) is 58.2 Å². The molecule has 2 rings (SSSR count). The van der Waals surface area contributed by atoms with Gasteiger partial charge in [0.1, 0.15) is 10.7 Å². The quantitative estimate of drug-likeness (QED) is 0.885. The van der Waals surface area contributed by atoms with Gasteiger partial charge in [-0.3, -0.25) is 0 Å². The molecule has 1 fully saturated rings. The van der Waals surface area contributed by atoms with Gasteiger partial charge in [-0.05, 0) is 30.5 Å². The van der Waals surface area contributed by atoms with E-state index < -0.39 is 15.8 Å². The molecule has 1 aromatic carbocycles. The smallest absolute Gasteiger partial charge is 0.243 e. The first-order chi connectivity index (χ1) is 8.83. The molecule has 1 aliphatic heterocycles. The number of benzene rings is 1. The second-order valence-electron chi connectivity index (χ2n) is 5.56. The van der Waals surface area contributed by atoms with Crippen molar-refractivity contribution >= 4 is 10.0 Å². The van der Waals surface area contributed by atoms with Crippen LogP contribution in [0, 0.1) is 11.2 Å². The summed E-state index contributed by atoms with van der Waals surface area (Å²) in [5, 5.41) is 3.23. The van der Waals surface area contributed by atoms with Crippen LogP contribution in [-0.4, -0.2) is 27.5 Å². The molecule has 0 bridgehead atoms. The van der Waals surface area contributed by atoms with Crippen LogP contribution in [0.4, 0.5) is 4.39 Å². The van der Waals surface area contributed by atoms with Crippen LogP contribution < -0.4 is 10.0 Å². The first-order valence-corrected chi connectivity index (χ1v) is 7.79. The molecule has 1 unspecified atom stereocenters. The summed E-state index contributed by atoms with van der Waals surface area (Å²) in [7, 11) is -3.81. The highest BCUT2D eigenvalue weighted by atomic mass is 32.2. The molecule has 1 atom stereocenters. The lowest BCUT2D eigenvalue weighted by Crippen LogP contribution is -2.54. The molecule has 2 N–H and O–H groups in total. The molecule has 106 valence electrons. The first kappa shape index (κ1) is 14.4. The van der Waals surface area contributed by atoms with Crippen molar-refractivity contribution in [1.29, 1.82) is 0 Å². The molecule has 0 aliphatic carbocycles. The van der Waals surface area contributed by atoms with Crippen molar-refractivity contribution < 1.29 is 12.8 Å². The van der Waals surface area contributed by atoms with E-state index in [0.29, 0.717) is 6.42 Å². The van der Waals surface area contributed by atoms with E-state index in [1.807, 2.05) is 13.8 Å². The molecule has 1 aliphatic rings. The molecule has 0 radical (unpaired) electrons. The van der Waals surface area contributed by atoms with Gasteiger partial charge in [0, 0.05) is 12.6 Å². The van der Waals surface area contributed by atoms with Gasteiger partial charge in [-0.1, -0.05) is 26.0 Å². The van der Waals surface area contributed by atoms with Gasteiger partial charge in [0.2, 0.25) is 10.0 Å². The lowest BCUT2D eigenvalue weighted by Gasteiger charge is -2.39. The largest absolute Gasteiger partial charge is 0.316 e. The SMILES string of the molecule is CC1(C)CNCCC1NS(=O)(=O)c1ccccc1F. The Balaban J connectivity index is 2.25. The summed E-state index contributed by atoms with van der Waals surface area (Å²) >= 11 is 0. The van der Waals surface area contributed by atoms with Gasteiger partial charge in [0.25, 0.3) is 0 Å². The van der Waals surface area contributed by atoms with Crippen molar-refractivity contribution in [1.82, 2.24) is 10.0 Å². The van der Waals surface area contributed by atoms with E-state index in [1.165, 1.54) is 18.2 Å². The van der Waals surface area contributed by atoms with Crippen LogP contribution in [0.3, 0.4) is 0 Å². The molecule has 1 heterocycles. The maximum Gasteiger partial charge on any atom is 0.243 e. The second-order valence-corrected chi connectivity index (χ2v) is 7.24. The van der Waals surface area contributed by atoms with Crippen molar-refractivity contribution in [2.75, 3.05) is 13.1 Å². The van der Waals surface area contributed by atoms with E-state index in [1.54, 1.807) is 0 Å². The third-order valence-corrected chi connectivity index (χ3v) is 5.06. The summed E-state index contributed by atoms with van der Waals surface area (Å²) in [5.74, 6) is -0.721. The average molecular weight is 286 g/mol. The van der Waals surface area contributed by atoms with E-state index in [0.717, 1.165) is 19.2 Å². The zero-order chi connectivity index (χ0) is 14.1. The maximum atomic E-state index is 13.6. The Kier molecular flexibility index (Phi) is 3.94. The van der Waals surface area contributed by atoms with Crippen LogP contribution in [0.25, 0.3) is 0 Å². The first-order valence-electron chi connectivity index (χ1n) is 6.30. The number of hydrogen-bond acceptors (Lipinski definition) is 3. The standard InChI is InChI=1S/C13H19FN2O2S/c1-13(2)9-15-8-7-12(13)16-19(17,18)11-6-4-3-5-10(11)14/h3-6,12,15-16H,7-9H2,1-2H3. The fourth-order valence-corrected chi connectivity index (χ4v) is 3.82. The molecule has 1 saturated heterocycles. The number of sulfonamides is 1. The van der Waals surface area contributed by atoms with E-state index in [2.05, 4.69) is 10.0 Å². The van der Waals surface area contributed by atoms with Crippen LogP contribution in [0.5, 0.6) is 0 Å². The van der Waals surface area contributed by atoms with Gasteiger partial charge in [0.15, 0.2) is 0 Å². The van der Waals surface area contributed by atoms with Gasteiger partial charge in [-0.25, -0.2) is 17.5 Å². The highest BCUT2D eigenvalue weighted by Crippen LogP contribution is 2.27. The lowest BCUT2D eigenvalue weighted by atomic mass is 9.81. The van der Waals surface area contributed by atoms with E-state index in [-0.39, 0.29) is 16.4 Å². The predicted octanol–water partition coefficient (Wildman–Crippen LogP) is 1.49. The minimum atomic E-state index is -3.81. The van der Waals surface area contributed by atoms with E-state index >= 15 is 0 Å². The minimum absolute atomic E-state index is 0.196. The monoisotopic (exact) mass is 286 g/mol. The molecule has 0 spiro atoms. The van der Waals surface area contributed by atoms with Crippen molar-refractivity contribution in [3.05, 3.63) is 30.1 Å². The summed E-state index contributed by atoms with van der Waals surface area (Å²) in [6, 6.07) is 5.24. The molecule has 6 heteroatoms. The molecule has 0 saturated carbocycles. The normalized spacial score (nSPS) is 23.2. The summed E-state index contributed by atoms with van der Waals surface area (Å²) in [4.78, 5) is -0.288. The maximum absolute atomic E-state index is 13.6. The molecule has 19 heavy (non-hydrogen) atoms. The fourth-order valence-electron chi connectivity index (χ4n) is 2.30. The van der Waals surface area contributed by atoms with Crippen molar-refractivity contribution in [3.8, 4) is 0 Å². The minimum Gasteiger partial charge on any atom is -0.316 e. The summed E-state index contributed by atoms with van der Waals surface area (Å²) < 4.78 is 40.7. The Hall–Kier alpha value is -0.980. The molecular formula is C13H19FN2O2S. The zero-order valence-corrected chi connectivity index (χ0v) is 11.9. The highest BCUT2D eigenvalue weighted by Gasteiger charge is 2.35. The molecule has 0 aromatic heterocycles. The van der Waals surface area contributed by atoms with Crippen LogP contribution in [0.1, 0.15) is 20.3 Å². The number of hydrogen-bond donors (Lipinski definition) is 2. The van der Waals surface area contributed by atoms with Crippen molar-refractivity contribution in [3.63, 3.8) is 0 Å². The lowest BCUT2D eigenvalue weighted by molar-refractivity contribution is 0.206. The number of nitrogens with one attached hydrogen (secondary N) is 2. The van der Waals surface area contributed by atoms with Gasteiger partial charge in [-0.2, -0.15) is 0 Å². The van der Waals surface area contributed by atoms with Gasteiger partial charge >= 0.3 is 0 Å². The van der Waals surface area contributed by atoms with Crippen LogP contribution in [-0.2, 0) is 10.0 Å². The molecule has 4 nitrogen and oxygen atoms in total. The third-order valence-electron chi connectivity index (χ3n) is 3.56. The van der Waals surface area contributed by atoms with Crippen LogP contribution >= 0.6 is 0 Å². The number of piperidine rings is 1. The Morgan fingerprint density at radius 2 is 2.05 bits per heavy atom. The van der Waals surface area contributed by atoms with Gasteiger partial charge in [0.05, 0.1) is 0 Å². The molecule has 0 amide bonds. The highest BCUT2D eigenvalue weighted by molar-refractivity contribution is 7.89. The Labute approximate surface area is 113 Å². The fraction of sp³-hybridized carbons (Fsp3) is 0.538. The van der Waals surface area contributed by atoms with Gasteiger partial charge < -0.3 is 5.32 Å². The van der Waals surface area contributed by atoms with Gasteiger partial charge in [-0.15, -0.1) is 0 Å². The van der Waals surface area contributed by atoms with E-state index in [4.69, 9.17) is 0 Å². The predicted molar refractivity (Wildman–Crippen MR) is 71.8 cm³/mol. The molecular weight excluding hydrogens is 267 g/mol. The number of halogens is 1. The average Bonchev–Trinajstić information content (AvgIpc) is 2.32. The third kappa shape index (κ3) is 3.13. The Morgan fingerprint density at radius 1 is 1.37 bits per heavy atom.